The molecule has 0 radical (unpaired) electrons. The smallest absolute Gasteiger partial charge is 0.245 e. The number of hydrogen-bond acceptors (Lipinski definition) is 6. The minimum Gasteiger partial charge on any atom is -0.394 e. The molecule has 0 aliphatic heterocycles. The van der Waals surface area contributed by atoms with Crippen LogP contribution in [0.5, 0.6) is 0 Å². The molecule has 0 heterocycles. The lowest BCUT2D eigenvalue weighted by Gasteiger charge is -2.25. The van der Waals surface area contributed by atoms with E-state index in [1.807, 2.05) is 0 Å². The highest BCUT2D eigenvalue weighted by molar-refractivity contribution is 5.93. The molecule has 5 atom stereocenters. The first-order chi connectivity index (χ1) is 14.1. The molecule has 0 aromatic heterocycles. The lowest BCUT2D eigenvalue weighted by atomic mass is 10.0. The minimum absolute atomic E-state index is 0.116. The summed E-state index contributed by atoms with van der Waals surface area (Å²) in [5.74, 6) is -2.33. The molecule has 28 heavy (non-hydrogen) atoms. The molecule has 0 aliphatic rings. The first-order valence-electron chi connectivity index (χ1n) is 9.99. The van der Waals surface area contributed by atoms with Gasteiger partial charge in [0.1, 0.15) is 13.5 Å². The lowest BCUT2D eigenvalue weighted by Crippen LogP contribution is -2.59. The van der Waals surface area contributed by atoms with Crippen LogP contribution in [-0.2, 0) is 20.8 Å². The third kappa shape index (κ3) is 7.63. The van der Waals surface area contributed by atoms with Crippen LogP contribution < -0.4 is 21.7 Å². The van der Waals surface area contributed by atoms with E-state index in [1.165, 1.54) is 13.8 Å². The van der Waals surface area contributed by atoms with Crippen molar-refractivity contribution in [3.05, 3.63) is 35.9 Å². The summed E-state index contributed by atoms with van der Waals surface area (Å²) in [5, 5.41) is 24.2. The standard InChI is InChI=1S/C19H30N4O5/c1-11(10-24)21-17(26)12(2)22-19(28)16(13(3)25)23-18(27)15(20)9-14-7-5-4-6-8-14/h4-8,11-13,15-16,24-25H,9-10,20H2,1-3H3,(H,21,26)(H,22,28)(H,23,27)/t11-,12-,13-,15+,16-/m0/s1/i/hD2. The molecular weight excluding hydrogens is 364 g/mol. The fourth-order valence-electron chi connectivity index (χ4n) is 2.33. The van der Waals surface area contributed by atoms with Gasteiger partial charge in [0.25, 0.3) is 0 Å². The van der Waals surface area contributed by atoms with Gasteiger partial charge in [-0.3, -0.25) is 14.4 Å². The molecule has 0 saturated carbocycles. The molecule has 156 valence electrons. The molecule has 0 unspecified atom stereocenters. The van der Waals surface area contributed by atoms with Gasteiger partial charge in [-0.15, -0.1) is 0 Å². The zero-order chi connectivity index (χ0) is 22.8. The summed E-state index contributed by atoms with van der Waals surface area (Å²) < 4.78 is 15.5. The van der Waals surface area contributed by atoms with Crippen molar-refractivity contribution >= 4 is 17.7 Å². The van der Waals surface area contributed by atoms with E-state index in [2.05, 4.69) is 16.4 Å². The fourth-order valence-corrected chi connectivity index (χ4v) is 2.33. The van der Waals surface area contributed by atoms with E-state index in [0.717, 1.165) is 5.56 Å². The SMILES string of the molecule is [2H]N[C@H](Cc1ccccc1)C(=O)N([2H])[C@H](C(=O)N[C@@H](C)C(=O)N[C@@H](C)CO)[C@H](C)O. The first kappa shape index (κ1) is 20.2. The molecule has 0 spiro atoms. The second kappa shape index (κ2) is 11.4. The van der Waals surface area contributed by atoms with Gasteiger partial charge in [-0.1, -0.05) is 30.3 Å². The first-order valence-corrected chi connectivity index (χ1v) is 9.05. The Labute approximate surface area is 167 Å². The summed E-state index contributed by atoms with van der Waals surface area (Å²) in [6.07, 6.45) is -1.29. The van der Waals surface area contributed by atoms with Crippen LogP contribution in [0.2, 0.25) is 2.82 Å². The van der Waals surface area contributed by atoms with E-state index in [4.69, 9.17) is 7.93 Å². The highest BCUT2D eigenvalue weighted by Gasteiger charge is 2.29. The van der Waals surface area contributed by atoms with Crippen molar-refractivity contribution in [3.63, 3.8) is 0 Å². The van der Waals surface area contributed by atoms with Crippen LogP contribution in [0.15, 0.2) is 30.3 Å². The summed E-state index contributed by atoms with van der Waals surface area (Å²) in [6.45, 7) is 3.95. The van der Waals surface area contributed by atoms with Crippen molar-refractivity contribution in [3.8, 4) is 0 Å². The predicted octanol–water partition coefficient (Wildman–Crippen LogP) is -1.58. The summed E-state index contributed by atoms with van der Waals surface area (Å²) >= 11 is 0. The average Bonchev–Trinajstić information content (AvgIpc) is 2.71. The number of benzene rings is 1. The normalized spacial score (nSPS) is 17.2. The second-order valence-corrected chi connectivity index (χ2v) is 6.72. The number of aliphatic hydroxyl groups is 2. The number of carbonyl (C=O) groups excluding carboxylic acids is 3. The molecule has 0 aliphatic carbocycles. The number of hydrogen-bond donors (Lipinski definition) is 6. The summed E-state index contributed by atoms with van der Waals surface area (Å²) in [4.78, 5) is 37.3. The van der Waals surface area contributed by atoms with Gasteiger partial charge in [0.05, 0.1) is 18.8 Å². The van der Waals surface area contributed by atoms with E-state index in [0.29, 0.717) is 5.31 Å². The maximum atomic E-state index is 12.7. The van der Waals surface area contributed by atoms with E-state index >= 15 is 0 Å². The lowest BCUT2D eigenvalue weighted by molar-refractivity contribution is -0.134. The Bertz CT molecular complexity index is 707. The molecule has 0 fully saturated rings. The van der Waals surface area contributed by atoms with Crippen molar-refractivity contribution in [1.29, 1.82) is 0 Å². The van der Waals surface area contributed by atoms with Gasteiger partial charge in [0.15, 0.2) is 1.41 Å². The maximum Gasteiger partial charge on any atom is 0.245 e. The van der Waals surface area contributed by atoms with Crippen LogP contribution in [0.25, 0.3) is 0 Å². The molecule has 9 heteroatoms. The maximum absolute atomic E-state index is 12.7. The Balaban J connectivity index is 2.86. The zero-order valence-corrected chi connectivity index (χ0v) is 16.3. The molecule has 1 aromatic rings. The van der Waals surface area contributed by atoms with Gasteiger partial charge in [-0.05, 0) is 32.8 Å². The number of amides is 3. The Morgan fingerprint density at radius 1 is 1.11 bits per heavy atom. The topological polar surface area (TPSA) is 154 Å². The Morgan fingerprint density at radius 3 is 2.29 bits per heavy atom. The average molecular weight is 396 g/mol. The second-order valence-electron chi connectivity index (χ2n) is 6.72. The van der Waals surface area contributed by atoms with Gasteiger partial charge in [0, 0.05) is 6.04 Å². The van der Waals surface area contributed by atoms with Crippen LogP contribution in [0.1, 0.15) is 26.3 Å². The molecule has 9 nitrogen and oxygen atoms in total. The Kier molecular flexibility index (Phi) is 8.23. The number of aliphatic hydroxyl groups excluding tert-OH is 2. The quantitative estimate of drug-likeness (QED) is 0.265. The number of nitrogens with one attached hydrogen (secondary N) is 3. The Morgan fingerprint density at radius 2 is 1.75 bits per heavy atom. The van der Waals surface area contributed by atoms with Gasteiger partial charge in [0.2, 0.25) is 17.7 Å². The Hall–Kier alpha value is -2.49. The van der Waals surface area contributed by atoms with Crippen LogP contribution >= 0.6 is 0 Å². The molecular formula is C19H30N4O5. The third-order valence-electron chi connectivity index (χ3n) is 3.99. The molecule has 0 bridgehead atoms. The van der Waals surface area contributed by atoms with Crippen LogP contribution in [0.4, 0.5) is 0 Å². The van der Waals surface area contributed by atoms with Gasteiger partial charge < -0.3 is 31.9 Å². The van der Waals surface area contributed by atoms with Crippen molar-refractivity contribution in [1.82, 2.24) is 15.9 Å². The molecule has 1 rings (SSSR count). The highest BCUT2D eigenvalue weighted by atomic mass is 16.3. The van der Waals surface area contributed by atoms with Crippen molar-refractivity contribution in [2.24, 2.45) is 5.73 Å². The van der Waals surface area contributed by atoms with E-state index in [-0.39, 0.29) is 13.0 Å². The molecule has 7 N–H and O–H groups in total. The highest BCUT2D eigenvalue weighted by Crippen LogP contribution is 2.03. The number of nitrogens with two attached hydrogens (primary N) is 1. The van der Waals surface area contributed by atoms with Crippen LogP contribution in [0, 0.1) is 0 Å². The van der Waals surface area contributed by atoms with Gasteiger partial charge in [-0.25, -0.2) is 0 Å². The van der Waals surface area contributed by atoms with E-state index in [9.17, 15) is 19.5 Å². The summed E-state index contributed by atoms with van der Waals surface area (Å²) in [6, 6.07) is 4.64. The van der Waals surface area contributed by atoms with Gasteiger partial charge in [-0.2, -0.15) is 0 Å². The van der Waals surface area contributed by atoms with Crippen LogP contribution in [-0.4, -0.2) is 64.8 Å². The molecule has 3 amide bonds. The van der Waals surface area contributed by atoms with E-state index < -0.39 is 48.0 Å². The van der Waals surface area contributed by atoms with E-state index in [1.54, 1.807) is 37.3 Å². The zero-order valence-electron chi connectivity index (χ0n) is 18.3. The fraction of sp³-hybridized carbons (Fsp3) is 0.526. The molecule has 0 saturated heterocycles. The summed E-state index contributed by atoms with van der Waals surface area (Å²) in [7, 11) is 0. The van der Waals surface area contributed by atoms with Crippen molar-refractivity contribution in [2.45, 2.75) is 57.5 Å². The van der Waals surface area contributed by atoms with Crippen LogP contribution in [0.3, 0.4) is 0 Å². The predicted molar refractivity (Wildman–Crippen MR) is 104 cm³/mol. The monoisotopic (exact) mass is 396 g/mol. The summed E-state index contributed by atoms with van der Waals surface area (Å²) in [5.41, 5.74) is 2.84. The van der Waals surface area contributed by atoms with Gasteiger partial charge >= 0.3 is 0 Å². The largest absolute Gasteiger partial charge is 0.394 e. The van der Waals surface area contributed by atoms with Crippen molar-refractivity contribution < 1.29 is 27.4 Å². The minimum atomic E-state index is -1.59. The van der Waals surface area contributed by atoms with Crippen molar-refractivity contribution in [2.75, 3.05) is 6.61 Å². The number of rotatable bonds is 11. The third-order valence-corrected chi connectivity index (χ3v) is 3.99. The molecule has 1 aromatic carbocycles. The number of carbonyl (C=O) groups is 3.